The Bertz CT molecular complexity index is 632. The van der Waals surface area contributed by atoms with Crippen molar-refractivity contribution in [3.8, 4) is 0 Å². The van der Waals surface area contributed by atoms with Gasteiger partial charge >= 0.3 is 0 Å². The van der Waals surface area contributed by atoms with Crippen LogP contribution in [0, 0.1) is 6.92 Å². The predicted octanol–water partition coefficient (Wildman–Crippen LogP) is 1.35. The van der Waals surface area contributed by atoms with E-state index in [0.29, 0.717) is 4.88 Å². The average Bonchev–Trinajstić information content (AvgIpc) is 3.06. The molecule has 0 fully saturated rings. The first-order valence-corrected chi connectivity index (χ1v) is 7.63. The van der Waals surface area contributed by atoms with E-state index in [1.165, 1.54) is 11.3 Å². The van der Waals surface area contributed by atoms with Crippen molar-refractivity contribution < 1.29 is 4.79 Å². The van der Waals surface area contributed by atoms with E-state index in [0.717, 1.165) is 42.5 Å². The van der Waals surface area contributed by atoms with Gasteiger partial charge in [-0.2, -0.15) is 0 Å². The lowest BCUT2D eigenvalue weighted by Crippen LogP contribution is -2.41. The third-order valence-electron chi connectivity index (χ3n) is 3.55. The van der Waals surface area contributed by atoms with E-state index in [1.54, 1.807) is 6.20 Å². The van der Waals surface area contributed by atoms with E-state index in [2.05, 4.69) is 25.1 Å². The van der Waals surface area contributed by atoms with E-state index in [9.17, 15) is 4.79 Å². The Morgan fingerprint density at radius 1 is 1.55 bits per heavy atom. The average molecular weight is 291 g/mol. The predicted molar refractivity (Wildman–Crippen MR) is 75.8 cm³/mol. The van der Waals surface area contributed by atoms with Crippen LogP contribution in [0.3, 0.4) is 0 Å². The Balaban J connectivity index is 1.67. The molecular formula is C13H17N5OS. The number of fused-ring (bicyclic) bond motifs is 1. The minimum atomic E-state index is -0.0265. The molecule has 1 aliphatic heterocycles. The van der Waals surface area contributed by atoms with Gasteiger partial charge in [-0.1, -0.05) is 6.92 Å². The minimum absolute atomic E-state index is 0.0265. The monoisotopic (exact) mass is 291 g/mol. The van der Waals surface area contributed by atoms with Gasteiger partial charge in [0.1, 0.15) is 16.5 Å². The minimum Gasteiger partial charge on any atom is -0.347 e. The Kier molecular flexibility index (Phi) is 3.52. The quantitative estimate of drug-likeness (QED) is 0.926. The first-order chi connectivity index (χ1) is 9.67. The molecule has 6 nitrogen and oxygen atoms in total. The fourth-order valence-electron chi connectivity index (χ4n) is 2.42. The van der Waals surface area contributed by atoms with Gasteiger partial charge in [0.05, 0.1) is 11.2 Å². The molecule has 2 aromatic heterocycles. The largest absolute Gasteiger partial charge is 0.347 e. The lowest BCUT2D eigenvalue weighted by molar-refractivity contribution is 0.0931. The molecule has 0 aromatic carbocycles. The van der Waals surface area contributed by atoms with Crippen molar-refractivity contribution in [3.63, 3.8) is 0 Å². The van der Waals surface area contributed by atoms with Crippen LogP contribution in [-0.4, -0.2) is 31.7 Å². The molecule has 7 heteroatoms. The van der Waals surface area contributed by atoms with E-state index in [1.807, 2.05) is 13.8 Å². The van der Waals surface area contributed by atoms with E-state index in [4.69, 9.17) is 0 Å². The molecule has 0 saturated carbocycles. The summed E-state index contributed by atoms with van der Waals surface area (Å²) in [5.74, 6) is 1.89. The summed E-state index contributed by atoms with van der Waals surface area (Å²) in [4.78, 5) is 17.1. The summed E-state index contributed by atoms with van der Waals surface area (Å²) in [5, 5.41) is 12.3. The standard InChI is InChI=1S/C13H17N5OS/c1-3-12-14-6-10(20-12)13(19)15-9-4-5-11-17-16-8(2)18(11)7-9/h6,9H,3-5,7H2,1-2H3,(H,15,19)/t9-/m0/s1. The summed E-state index contributed by atoms with van der Waals surface area (Å²) in [6, 6.07) is 0.136. The highest BCUT2D eigenvalue weighted by molar-refractivity contribution is 7.13. The maximum atomic E-state index is 12.2. The van der Waals surface area contributed by atoms with Gasteiger partial charge < -0.3 is 9.88 Å². The molecule has 2 aromatic rings. The molecule has 0 spiro atoms. The van der Waals surface area contributed by atoms with Crippen molar-refractivity contribution in [3.05, 3.63) is 27.7 Å². The van der Waals surface area contributed by atoms with Crippen LogP contribution in [0.1, 0.15) is 39.7 Å². The second kappa shape index (κ2) is 5.32. The van der Waals surface area contributed by atoms with Gasteiger partial charge in [0, 0.05) is 19.0 Å². The van der Waals surface area contributed by atoms with Gasteiger partial charge in [-0.05, 0) is 19.8 Å². The Morgan fingerprint density at radius 2 is 2.40 bits per heavy atom. The smallest absolute Gasteiger partial charge is 0.263 e. The third kappa shape index (κ3) is 2.45. The SMILES string of the molecule is CCc1ncc(C(=O)N[C@H]2CCc3nnc(C)n3C2)s1. The summed E-state index contributed by atoms with van der Waals surface area (Å²) in [5.41, 5.74) is 0. The lowest BCUT2D eigenvalue weighted by Gasteiger charge is -2.24. The van der Waals surface area contributed by atoms with Gasteiger partial charge in [-0.3, -0.25) is 4.79 Å². The van der Waals surface area contributed by atoms with Crippen molar-refractivity contribution >= 4 is 17.2 Å². The Morgan fingerprint density at radius 3 is 3.15 bits per heavy atom. The van der Waals surface area contributed by atoms with Gasteiger partial charge in [0.25, 0.3) is 5.91 Å². The van der Waals surface area contributed by atoms with Gasteiger partial charge in [-0.15, -0.1) is 21.5 Å². The maximum Gasteiger partial charge on any atom is 0.263 e. The second-order valence-corrected chi connectivity index (χ2v) is 6.07. The van der Waals surface area contributed by atoms with Crippen molar-refractivity contribution in [2.75, 3.05) is 0 Å². The van der Waals surface area contributed by atoms with Crippen LogP contribution in [0.5, 0.6) is 0 Å². The van der Waals surface area contributed by atoms with Crippen LogP contribution in [0.15, 0.2) is 6.20 Å². The van der Waals surface area contributed by atoms with Gasteiger partial charge in [0.2, 0.25) is 0 Å². The molecule has 20 heavy (non-hydrogen) atoms. The topological polar surface area (TPSA) is 72.7 Å². The number of rotatable bonds is 3. The lowest BCUT2D eigenvalue weighted by atomic mass is 10.1. The van der Waals surface area contributed by atoms with Crippen LogP contribution < -0.4 is 5.32 Å². The summed E-state index contributed by atoms with van der Waals surface area (Å²) in [6.07, 6.45) is 4.29. The number of hydrogen-bond donors (Lipinski definition) is 1. The number of thiazole rings is 1. The van der Waals surface area contributed by atoms with Gasteiger partial charge in [0.15, 0.2) is 0 Å². The van der Waals surface area contributed by atoms with Crippen LogP contribution in [0.25, 0.3) is 0 Å². The molecule has 0 unspecified atom stereocenters. The number of nitrogens with one attached hydrogen (secondary N) is 1. The molecule has 0 saturated heterocycles. The van der Waals surface area contributed by atoms with Crippen molar-refractivity contribution in [1.82, 2.24) is 25.1 Å². The molecule has 0 aliphatic carbocycles. The molecule has 1 atom stereocenters. The van der Waals surface area contributed by atoms with Crippen LogP contribution in [-0.2, 0) is 19.4 Å². The maximum absolute atomic E-state index is 12.2. The fourth-order valence-corrected chi connectivity index (χ4v) is 3.18. The molecule has 3 heterocycles. The number of carbonyl (C=O) groups is 1. The summed E-state index contributed by atoms with van der Waals surface area (Å²) >= 11 is 1.47. The Labute approximate surface area is 121 Å². The molecule has 0 bridgehead atoms. The molecule has 0 radical (unpaired) electrons. The van der Waals surface area contributed by atoms with E-state index in [-0.39, 0.29) is 11.9 Å². The zero-order chi connectivity index (χ0) is 14.1. The number of carbonyl (C=O) groups excluding carboxylic acids is 1. The number of amides is 1. The number of aromatic nitrogens is 4. The first kappa shape index (κ1) is 13.2. The van der Waals surface area contributed by atoms with Crippen molar-refractivity contribution in [1.29, 1.82) is 0 Å². The highest BCUT2D eigenvalue weighted by Gasteiger charge is 2.23. The van der Waals surface area contributed by atoms with E-state index < -0.39 is 0 Å². The van der Waals surface area contributed by atoms with Crippen molar-refractivity contribution in [2.24, 2.45) is 0 Å². The molecular weight excluding hydrogens is 274 g/mol. The second-order valence-electron chi connectivity index (χ2n) is 4.95. The Hall–Kier alpha value is -1.76. The summed E-state index contributed by atoms with van der Waals surface area (Å²) in [7, 11) is 0. The normalized spacial score (nSPS) is 17.8. The highest BCUT2D eigenvalue weighted by Crippen LogP contribution is 2.17. The molecule has 3 rings (SSSR count). The zero-order valence-corrected chi connectivity index (χ0v) is 12.4. The molecule has 1 aliphatic rings. The first-order valence-electron chi connectivity index (χ1n) is 6.81. The van der Waals surface area contributed by atoms with Crippen LogP contribution in [0.4, 0.5) is 0 Å². The van der Waals surface area contributed by atoms with Crippen molar-refractivity contribution in [2.45, 2.75) is 45.7 Å². The number of aryl methyl sites for hydroxylation is 3. The summed E-state index contributed by atoms with van der Waals surface area (Å²) in [6.45, 7) is 4.73. The third-order valence-corrected chi connectivity index (χ3v) is 4.69. The zero-order valence-electron chi connectivity index (χ0n) is 11.6. The highest BCUT2D eigenvalue weighted by atomic mass is 32.1. The van der Waals surface area contributed by atoms with E-state index >= 15 is 0 Å². The number of nitrogens with zero attached hydrogens (tertiary/aromatic N) is 4. The molecule has 1 amide bonds. The number of hydrogen-bond acceptors (Lipinski definition) is 5. The van der Waals surface area contributed by atoms with Crippen LogP contribution >= 0.6 is 11.3 Å². The van der Waals surface area contributed by atoms with Gasteiger partial charge in [-0.25, -0.2) is 4.98 Å². The summed E-state index contributed by atoms with van der Waals surface area (Å²) < 4.78 is 2.08. The van der Waals surface area contributed by atoms with Crippen LogP contribution in [0.2, 0.25) is 0 Å². The molecule has 1 N–H and O–H groups in total. The fraction of sp³-hybridized carbons (Fsp3) is 0.538. The molecule has 106 valence electrons.